The van der Waals surface area contributed by atoms with E-state index >= 15 is 0 Å². The first-order chi connectivity index (χ1) is 11.0. The normalized spacial score (nSPS) is 11.6. The molecule has 8 heteroatoms. The monoisotopic (exact) mass is 353 g/mol. The summed E-state index contributed by atoms with van der Waals surface area (Å²) in [6.45, 7) is 0. The van der Waals surface area contributed by atoms with E-state index in [0.717, 1.165) is 21.0 Å². The van der Waals surface area contributed by atoms with Crippen LogP contribution in [-0.4, -0.2) is 20.9 Å². The summed E-state index contributed by atoms with van der Waals surface area (Å²) in [6, 6.07) is 14.1. The fraction of sp³-hybridized carbons (Fsp3) is 0.0667. The predicted molar refractivity (Wildman–Crippen MR) is 84.3 cm³/mol. The minimum atomic E-state index is -4.26. The van der Waals surface area contributed by atoms with E-state index in [4.69, 9.17) is 0 Å². The van der Waals surface area contributed by atoms with Crippen LogP contribution < -0.4 is 0 Å². The molecule has 3 nitrogen and oxygen atoms in total. The van der Waals surface area contributed by atoms with Crippen LogP contribution in [-0.2, 0) is 0 Å². The van der Waals surface area contributed by atoms with Crippen LogP contribution in [0, 0.1) is 0 Å². The maximum Gasteiger partial charge on any atom is 0.446 e. The van der Waals surface area contributed by atoms with Gasteiger partial charge in [0.15, 0.2) is 0 Å². The van der Waals surface area contributed by atoms with Crippen molar-refractivity contribution < 1.29 is 13.2 Å². The van der Waals surface area contributed by atoms with E-state index in [1.807, 2.05) is 24.3 Å². The van der Waals surface area contributed by atoms with Gasteiger partial charge in [0.25, 0.3) is 0 Å². The summed E-state index contributed by atoms with van der Waals surface area (Å²) in [5.74, 6) is 0. The molecule has 0 radical (unpaired) electrons. The summed E-state index contributed by atoms with van der Waals surface area (Å²) < 4.78 is 36.9. The van der Waals surface area contributed by atoms with Crippen LogP contribution in [0.5, 0.6) is 0 Å². The van der Waals surface area contributed by atoms with E-state index in [-0.39, 0.29) is 16.7 Å². The second kappa shape index (κ2) is 6.67. The molecular formula is C15H10F3N3S2. The van der Waals surface area contributed by atoms with Crippen LogP contribution in [0.2, 0.25) is 0 Å². The van der Waals surface area contributed by atoms with Crippen molar-refractivity contribution in [3.8, 4) is 11.1 Å². The molecule has 0 bridgehead atoms. The van der Waals surface area contributed by atoms with Crippen LogP contribution in [0.15, 0.2) is 69.5 Å². The fourth-order valence-electron chi connectivity index (χ4n) is 1.93. The van der Waals surface area contributed by atoms with Crippen molar-refractivity contribution in [2.24, 2.45) is 0 Å². The molecule has 2 aromatic carbocycles. The van der Waals surface area contributed by atoms with Gasteiger partial charge in [-0.1, -0.05) is 36.0 Å². The van der Waals surface area contributed by atoms with Crippen molar-refractivity contribution in [3.63, 3.8) is 0 Å². The molecule has 0 aliphatic heterocycles. The van der Waals surface area contributed by atoms with E-state index < -0.39 is 5.51 Å². The molecule has 3 rings (SSSR count). The van der Waals surface area contributed by atoms with Gasteiger partial charge >= 0.3 is 5.51 Å². The summed E-state index contributed by atoms with van der Waals surface area (Å²) in [6.07, 6.45) is 1.63. The third-order valence-electron chi connectivity index (χ3n) is 2.89. The Morgan fingerprint density at radius 2 is 1.39 bits per heavy atom. The summed E-state index contributed by atoms with van der Waals surface area (Å²) in [5, 5.41) is 11.0. The van der Waals surface area contributed by atoms with E-state index in [1.54, 1.807) is 18.3 Å². The van der Waals surface area contributed by atoms with E-state index in [1.165, 1.54) is 23.9 Å². The van der Waals surface area contributed by atoms with Crippen LogP contribution in [0.4, 0.5) is 13.2 Å². The van der Waals surface area contributed by atoms with Gasteiger partial charge in [0.2, 0.25) is 0 Å². The van der Waals surface area contributed by atoms with Crippen molar-refractivity contribution in [1.29, 1.82) is 0 Å². The lowest BCUT2D eigenvalue weighted by atomic mass is 10.1. The Bertz CT molecular complexity index is 754. The largest absolute Gasteiger partial charge is 0.446 e. The number of hydrogen-bond donors (Lipinski definition) is 1. The van der Waals surface area contributed by atoms with Crippen molar-refractivity contribution in [3.05, 3.63) is 54.7 Å². The van der Waals surface area contributed by atoms with Gasteiger partial charge in [-0.05, 0) is 47.2 Å². The highest BCUT2D eigenvalue weighted by Gasteiger charge is 2.28. The Balaban J connectivity index is 1.71. The summed E-state index contributed by atoms with van der Waals surface area (Å²) in [5.41, 5.74) is -2.45. The van der Waals surface area contributed by atoms with Gasteiger partial charge in [0, 0.05) is 9.79 Å². The minimum absolute atomic E-state index is 0.110. The Hall–Kier alpha value is -1.93. The van der Waals surface area contributed by atoms with Gasteiger partial charge in [-0.2, -0.15) is 23.5 Å². The molecule has 118 valence electrons. The molecule has 0 unspecified atom stereocenters. The molecule has 1 N–H and O–H groups in total. The molecule has 0 amide bonds. The first kappa shape index (κ1) is 15.9. The topological polar surface area (TPSA) is 41.6 Å². The second-order valence-electron chi connectivity index (χ2n) is 4.51. The van der Waals surface area contributed by atoms with Crippen molar-refractivity contribution in [2.45, 2.75) is 20.3 Å². The lowest BCUT2D eigenvalue weighted by molar-refractivity contribution is -0.0328. The minimum Gasteiger partial charge on any atom is -0.197 e. The highest BCUT2D eigenvalue weighted by Crippen LogP contribution is 2.37. The van der Waals surface area contributed by atoms with Crippen LogP contribution >= 0.6 is 23.5 Å². The maximum absolute atomic E-state index is 12.3. The second-order valence-corrected chi connectivity index (χ2v) is 6.74. The van der Waals surface area contributed by atoms with Gasteiger partial charge in [-0.15, -0.1) is 5.10 Å². The Kier molecular flexibility index (Phi) is 4.63. The summed E-state index contributed by atoms with van der Waals surface area (Å²) in [7, 11) is 0. The first-order valence-electron chi connectivity index (χ1n) is 6.49. The third-order valence-corrected chi connectivity index (χ3v) is 4.54. The zero-order valence-electron chi connectivity index (χ0n) is 11.5. The van der Waals surface area contributed by atoms with Crippen LogP contribution in [0.3, 0.4) is 0 Å². The molecule has 1 aromatic heterocycles. The maximum atomic E-state index is 12.3. The molecule has 0 atom stereocenters. The molecule has 3 aromatic rings. The molecular weight excluding hydrogens is 343 g/mol. The van der Waals surface area contributed by atoms with Gasteiger partial charge in [-0.3, -0.25) is 0 Å². The number of nitrogens with zero attached hydrogens (tertiary/aromatic N) is 2. The number of hydrogen-bond acceptors (Lipinski definition) is 4. The molecule has 0 aliphatic carbocycles. The molecule has 0 spiro atoms. The van der Waals surface area contributed by atoms with Gasteiger partial charge in [0.1, 0.15) is 5.03 Å². The van der Waals surface area contributed by atoms with Crippen LogP contribution in [0.25, 0.3) is 11.1 Å². The summed E-state index contributed by atoms with van der Waals surface area (Å²) >= 11 is 1.36. The van der Waals surface area contributed by atoms with Gasteiger partial charge < -0.3 is 0 Å². The number of thioether (sulfide) groups is 1. The zero-order valence-corrected chi connectivity index (χ0v) is 13.2. The van der Waals surface area contributed by atoms with E-state index in [9.17, 15) is 13.2 Å². The number of H-pyrrole nitrogens is 1. The number of rotatable bonds is 4. The molecule has 23 heavy (non-hydrogen) atoms. The smallest absolute Gasteiger partial charge is 0.197 e. The van der Waals surface area contributed by atoms with E-state index in [0.29, 0.717) is 0 Å². The number of halogens is 3. The quantitative estimate of drug-likeness (QED) is 0.652. The summed E-state index contributed by atoms with van der Waals surface area (Å²) in [4.78, 5) is 1.19. The third kappa shape index (κ3) is 4.52. The molecule has 1 heterocycles. The number of benzene rings is 2. The van der Waals surface area contributed by atoms with Crippen LogP contribution in [0.1, 0.15) is 0 Å². The van der Waals surface area contributed by atoms with E-state index in [2.05, 4.69) is 15.4 Å². The van der Waals surface area contributed by atoms with Crippen molar-refractivity contribution in [2.75, 3.05) is 0 Å². The molecule has 0 saturated heterocycles. The Labute approximate surface area is 138 Å². The average molecular weight is 353 g/mol. The number of alkyl halides is 3. The fourth-order valence-corrected chi connectivity index (χ4v) is 3.17. The number of nitrogens with one attached hydrogen (secondary N) is 1. The van der Waals surface area contributed by atoms with Crippen molar-refractivity contribution >= 4 is 23.5 Å². The van der Waals surface area contributed by atoms with Crippen molar-refractivity contribution in [1.82, 2.24) is 15.4 Å². The predicted octanol–water partition coefficient (Wildman–Crippen LogP) is 5.23. The highest BCUT2D eigenvalue weighted by atomic mass is 32.2. The Morgan fingerprint density at radius 3 is 1.87 bits per heavy atom. The highest BCUT2D eigenvalue weighted by molar-refractivity contribution is 8.00. The zero-order chi connectivity index (χ0) is 16.3. The Morgan fingerprint density at radius 1 is 0.826 bits per heavy atom. The molecule has 0 saturated carbocycles. The standard InChI is InChI=1S/C15H10F3N3S2/c16-15(17,18)23-13-7-3-11(4-8-13)10-1-5-12(6-2-10)22-14-9-19-21-20-14/h1-9H,(H,19,20,21). The molecule has 0 aliphatic rings. The molecule has 0 fully saturated rings. The van der Waals surface area contributed by atoms with Gasteiger partial charge in [0.05, 0.1) is 6.20 Å². The first-order valence-corrected chi connectivity index (χ1v) is 8.13. The number of aromatic nitrogens is 3. The number of aromatic amines is 1. The average Bonchev–Trinajstić information content (AvgIpc) is 3.00. The lowest BCUT2D eigenvalue weighted by Crippen LogP contribution is -1.98. The SMILES string of the molecule is FC(F)(F)Sc1ccc(-c2ccc(Sc3cn[nH]n3)cc2)cc1. The van der Waals surface area contributed by atoms with Gasteiger partial charge in [-0.25, -0.2) is 0 Å². The lowest BCUT2D eigenvalue weighted by Gasteiger charge is -2.07.